The Morgan fingerprint density at radius 1 is 0.971 bits per heavy atom. The van der Waals surface area contributed by atoms with Crippen molar-refractivity contribution >= 4 is 17.8 Å². The fraction of sp³-hybridized carbons (Fsp3) is 0.464. The molecule has 2 fully saturated rings. The standard InChI is InChI=1S/C28H34N2O4/c1-27(2)14-21-15-28(3,18-27)19-30(21)24(31)17-34-26(33)23-13-9-8-12-22(23)25(32)29(4)16-20-10-6-5-7-11-20/h5-13,21H,14-19H2,1-4H3/t21-,28-/m1/s1. The first-order chi connectivity index (χ1) is 16.1. The van der Waals surface area contributed by atoms with Crippen molar-refractivity contribution in [2.24, 2.45) is 10.8 Å². The van der Waals surface area contributed by atoms with Crippen molar-refractivity contribution in [3.63, 3.8) is 0 Å². The largest absolute Gasteiger partial charge is 0.452 e. The second-order valence-corrected chi connectivity index (χ2v) is 11.0. The van der Waals surface area contributed by atoms with Crippen LogP contribution < -0.4 is 0 Å². The van der Waals surface area contributed by atoms with E-state index < -0.39 is 5.97 Å². The van der Waals surface area contributed by atoms with Gasteiger partial charge in [-0.25, -0.2) is 4.79 Å². The summed E-state index contributed by atoms with van der Waals surface area (Å²) in [5.74, 6) is -1.09. The molecule has 180 valence electrons. The van der Waals surface area contributed by atoms with E-state index in [4.69, 9.17) is 4.74 Å². The molecule has 0 radical (unpaired) electrons. The molecule has 2 aromatic carbocycles. The highest BCUT2D eigenvalue weighted by Gasteiger charge is 2.50. The number of esters is 1. The van der Waals surface area contributed by atoms with E-state index in [9.17, 15) is 14.4 Å². The third kappa shape index (κ3) is 5.16. The number of amides is 2. The zero-order valence-corrected chi connectivity index (χ0v) is 20.5. The van der Waals surface area contributed by atoms with Gasteiger partial charge in [0.25, 0.3) is 11.8 Å². The second-order valence-electron chi connectivity index (χ2n) is 11.0. The molecule has 4 rings (SSSR count). The molecule has 1 heterocycles. The van der Waals surface area contributed by atoms with Crippen LogP contribution in [0.2, 0.25) is 0 Å². The summed E-state index contributed by atoms with van der Waals surface area (Å²) in [5, 5.41) is 0. The number of hydrogen-bond donors (Lipinski definition) is 0. The minimum atomic E-state index is -0.654. The molecule has 0 spiro atoms. The van der Waals surface area contributed by atoms with Crippen LogP contribution in [-0.4, -0.2) is 53.8 Å². The van der Waals surface area contributed by atoms with Gasteiger partial charge in [0.1, 0.15) is 0 Å². The number of carbonyl (C=O) groups excluding carboxylic acids is 3. The van der Waals surface area contributed by atoms with E-state index in [-0.39, 0.29) is 46.4 Å². The number of benzene rings is 2. The lowest BCUT2D eigenvalue weighted by atomic mass is 9.65. The van der Waals surface area contributed by atoms with Crippen LogP contribution in [0.4, 0.5) is 0 Å². The van der Waals surface area contributed by atoms with Gasteiger partial charge in [0.2, 0.25) is 0 Å². The van der Waals surface area contributed by atoms with Crippen molar-refractivity contribution < 1.29 is 19.1 Å². The molecule has 2 aromatic rings. The SMILES string of the molecule is CN(Cc1ccccc1)C(=O)c1ccccc1C(=O)OCC(=O)N1C[C@]2(C)C[C@H]1CC(C)(C)C2. The predicted octanol–water partition coefficient (Wildman–Crippen LogP) is 4.54. The Bertz CT molecular complexity index is 1080. The molecule has 0 N–H and O–H groups in total. The summed E-state index contributed by atoms with van der Waals surface area (Å²) < 4.78 is 5.42. The number of hydrogen-bond acceptors (Lipinski definition) is 4. The minimum Gasteiger partial charge on any atom is -0.452 e. The molecule has 34 heavy (non-hydrogen) atoms. The predicted molar refractivity (Wildman–Crippen MR) is 130 cm³/mol. The van der Waals surface area contributed by atoms with Gasteiger partial charge in [-0.2, -0.15) is 0 Å². The molecule has 1 aliphatic carbocycles. The fourth-order valence-electron chi connectivity index (χ4n) is 6.02. The van der Waals surface area contributed by atoms with E-state index in [0.717, 1.165) is 24.8 Å². The van der Waals surface area contributed by atoms with Crippen molar-refractivity contribution in [2.75, 3.05) is 20.2 Å². The van der Waals surface area contributed by atoms with E-state index in [2.05, 4.69) is 20.8 Å². The average Bonchev–Trinajstić information content (AvgIpc) is 3.05. The van der Waals surface area contributed by atoms with Gasteiger partial charge in [0, 0.05) is 26.2 Å². The first-order valence-electron chi connectivity index (χ1n) is 11.9. The van der Waals surface area contributed by atoms with E-state index in [1.54, 1.807) is 36.2 Å². The van der Waals surface area contributed by atoms with Crippen LogP contribution in [0.1, 0.15) is 66.3 Å². The van der Waals surface area contributed by atoms with Crippen molar-refractivity contribution in [1.29, 1.82) is 0 Å². The molecule has 2 atom stereocenters. The molecule has 6 nitrogen and oxygen atoms in total. The van der Waals surface area contributed by atoms with E-state index >= 15 is 0 Å². The fourth-order valence-corrected chi connectivity index (χ4v) is 6.02. The van der Waals surface area contributed by atoms with Crippen molar-refractivity contribution in [1.82, 2.24) is 9.80 Å². The highest BCUT2D eigenvalue weighted by molar-refractivity contribution is 6.05. The van der Waals surface area contributed by atoms with E-state index in [1.165, 1.54) is 0 Å². The topological polar surface area (TPSA) is 66.9 Å². The normalized spacial score (nSPS) is 22.8. The lowest BCUT2D eigenvalue weighted by Crippen LogP contribution is -2.40. The summed E-state index contributed by atoms with van der Waals surface area (Å²) >= 11 is 0. The van der Waals surface area contributed by atoms with E-state index in [0.29, 0.717) is 13.1 Å². The number of fused-ring (bicyclic) bond motifs is 2. The van der Waals surface area contributed by atoms with Crippen molar-refractivity contribution in [2.45, 2.75) is 52.6 Å². The summed E-state index contributed by atoms with van der Waals surface area (Å²) in [5.41, 5.74) is 1.76. The Kier molecular flexibility index (Phi) is 6.52. The van der Waals surface area contributed by atoms with Gasteiger partial charge >= 0.3 is 5.97 Å². The van der Waals surface area contributed by atoms with Gasteiger partial charge in [0.15, 0.2) is 6.61 Å². The minimum absolute atomic E-state index is 0.119. The van der Waals surface area contributed by atoms with Crippen LogP contribution in [0.5, 0.6) is 0 Å². The Hall–Kier alpha value is -3.15. The molecule has 6 heteroatoms. The second kappa shape index (κ2) is 9.24. The highest BCUT2D eigenvalue weighted by Crippen LogP contribution is 2.52. The average molecular weight is 463 g/mol. The first-order valence-corrected chi connectivity index (χ1v) is 11.9. The quantitative estimate of drug-likeness (QED) is 0.591. The Morgan fingerprint density at radius 2 is 1.62 bits per heavy atom. The molecule has 1 saturated carbocycles. The van der Waals surface area contributed by atoms with Gasteiger partial charge in [-0.1, -0.05) is 63.2 Å². The molecule has 2 bridgehead atoms. The maximum absolute atomic E-state index is 13.1. The van der Waals surface area contributed by atoms with Gasteiger partial charge < -0.3 is 14.5 Å². The summed E-state index contributed by atoms with van der Waals surface area (Å²) in [4.78, 5) is 42.4. The zero-order chi connectivity index (χ0) is 24.5. The molecule has 1 saturated heterocycles. The lowest BCUT2D eigenvalue weighted by molar-refractivity contribution is -0.135. The summed E-state index contributed by atoms with van der Waals surface area (Å²) in [6.07, 6.45) is 3.06. The van der Waals surface area contributed by atoms with Crippen LogP contribution in [0.3, 0.4) is 0 Å². The number of ether oxygens (including phenoxy) is 1. The smallest absolute Gasteiger partial charge is 0.339 e. The molecule has 2 amide bonds. The van der Waals surface area contributed by atoms with Gasteiger partial charge in [-0.15, -0.1) is 0 Å². The van der Waals surface area contributed by atoms with E-state index in [1.807, 2.05) is 35.2 Å². The number of carbonyl (C=O) groups is 3. The van der Waals surface area contributed by atoms with Crippen molar-refractivity contribution in [3.05, 3.63) is 71.3 Å². The van der Waals surface area contributed by atoms with Crippen molar-refractivity contribution in [3.8, 4) is 0 Å². The van der Waals surface area contributed by atoms with Gasteiger partial charge in [0.05, 0.1) is 11.1 Å². The summed E-state index contributed by atoms with van der Waals surface area (Å²) in [6, 6.07) is 16.5. The summed E-state index contributed by atoms with van der Waals surface area (Å²) in [6.45, 7) is 7.58. The molecule has 1 aliphatic heterocycles. The van der Waals surface area contributed by atoms with Crippen LogP contribution in [0.25, 0.3) is 0 Å². The lowest BCUT2D eigenvalue weighted by Gasteiger charge is -2.39. The number of likely N-dealkylation sites (tertiary alicyclic amines) is 1. The van der Waals surface area contributed by atoms with Gasteiger partial charge in [-0.05, 0) is 47.8 Å². The Labute approximate surface area is 201 Å². The Balaban J connectivity index is 1.40. The first kappa shape index (κ1) is 24.0. The highest BCUT2D eigenvalue weighted by atomic mass is 16.5. The number of rotatable bonds is 6. The molecule has 0 aromatic heterocycles. The molecular formula is C28H34N2O4. The monoisotopic (exact) mass is 462 g/mol. The maximum atomic E-state index is 13.1. The number of nitrogens with zero attached hydrogens (tertiary/aromatic N) is 2. The third-order valence-corrected chi connectivity index (χ3v) is 7.05. The van der Waals surface area contributed by atoms with Gasteiger partial charge in [-0.3, -0.25) is 9.59 Å². The van der Waals surface area contributed by atoms with Crippen LogP contribution in [-0.2, 0) is 16.1 Å². The molecule has 2 aliphatic rings. The third-order valence-electron chi connectivity index (χ3n) is 7.05. The summed E-state index contributed by atoms with van der Waals surface area (Å²) in [7, 11) is 1.70. The maximum Gasteiger partial charge on any atom is 0.339 e. The van der Waals surface area contributed by atoms with Crippen LogP contribution in [0.15, 0.2) is 54.6 Å². The zero-order valence-electron chi connectivity index (χ0n) is 20.5. The Morgan fingerprint density at radius 3 is 2.32 bits per heavy atom. The van der Waals surface area contributed by atoms with Crippen LogP contribution in [0, 0.1) is 10.8 Å². The molecular weight excluding hydrogens is 428 g/mol. The molecule has 0 unspecified atom stereocenters. The van der Waals surface area contributed by atoms with Crippen LogP contribution >= 0.6 is 0 Å².